The Morgan fingerprint density at radius 3 is 2.82 bits per heavy atom. The Kier molecular flexibility index (Phi) is 5.27. The van der Waals surface area contributed by atoms with Crippen LogP contribution in [-0.4, -0.2) is 34.0 Å². The number of carbonyl (C=O) groups excluding carboxylic acids is 1. The molecule has 1 N–H and O–H groups in total. The van der Waals surface area contributed by atoms with Crippen LogP contribution in [0.1, 0.15) is 5.56 Å². The monoisotopic (exact) mass is 412 g/mol. The standard InChI is InChI=1S/C19H16N4O3S2/c1-11-3-8-14-15(9-11)28-18(20-14)21-16(24)10-27-19-23-22-17(26-19)12-4-6-13(25-2)7-5-12/h3-9H,10H2,1-2H3,(H,20,21,24). The Morgan fingerprint density at radius 2 is 2.04 bits per heavy atom. The van der Waals surface area contributed by atoms with E-state index in [4.69, 9.17) is 9.15 Å². The van der Waals surface area contributed by atoms with E-state index in [1.165, 1.54) is 23.1 Å². The van der Waals surface area contributed by atoms with E-state index in [2.05, 4.69) is 26.6 Å². The summed E-state index contributed by atoms with van der Waals surface area (Å²) in [6, 6.07) is 13.3. The third-order valence-corrected chi connectivity index (χ3v) is 5.61. The summed E-state index contributed by atoms with van der Waals surface area (Å²) in [5, 5.41) is 11.7. The number of aromatic nitrogens is 3. The lowest BCUT2D eigenvalue weighted by Crippen LogP contribution is -2.13. The maximum Gasteiger partial charge on any atom is 0.277 e. The van der Waals surface area contributed by atoms with Crippen LogP contribution >= 0.6 is 23.1 Å². The van der Waals surface area contributed by atoms with E-state index in [9.17, 15) is 4.79 Å². The van der Waals surface area contributed by atoms with Gasteiger partial charge in [-0.3, -0.25) is 4.79 Å². The number of fused-ring (bicyclic) bond motifs is 1. The van der Waals surface area contributed by atoms with Crippen LogP contribution in [0.4, 0.5) is 5.13 Å². The Labute approximate surface area is 169 Å². The van der Waals surface area contributed by atoms with Crippen LogP contribution in [-0.2, 0) is 4.79 Å². The van der Waals surface area contributed by atoms with Gasteiger partial charge in [-0.1, -0.05) is 29.2 Å². The number of methoxy groups -OCH3 is 1. The second-order valence-electron chi connectivity index (χ2n) is 5.93. The summed E-state index contributed by atoms with van der Waals surface area (Å²) in [6.07, 6.45) is 0. The molecule has 4 aromatic rings. The Hall–Kier alpha value is -2.91. The molecular weight excluding hydrogens is 396 g/mol. The molecular formula is C19H16N4O3S2. The van der Waals surface area contributed by atoms with Crippen molar-refractivity contribution in [1.29, 1.82) is 0 Å². The summed E-state index contributed by atoms with van der Waals surface area (Å²) in [5.74, 6) is 1.12. The van der Waals surface area contributed by atoms with Gasteiger partial charge in [0.2, 0.25) is 11.8 Å². The lowest BCUT2D eigenvalue weighted by molar-refractivity contribution is -0.113. The number of nitrogens with zero attached hydrogens (tertiary/aromatic N) is 3. The molecule has 4 rings (SSSR count). The van der Waals surface area contributed by atoms with E-state index in [-0.39, 0.29) is 11.7 Å². The van der Waals surface area contributed by atoms with Gasteiger partial charge in [0.05, 0.1) is 23.1 Å². The molecule has 0 aliphatic heterocycles. The molecule has 0 aliphatic rings. The first-order valence-corrected chi connectivity index (χ1v) is 10.2. The fourth-order valence-corrected chi connectivity index (χ4v) is 4.03. The summed E-state index contributed by atoms with van der Waals surface area (Å²) in [4.78, 5) is 16.6. The third-order valence-electron chi connectivity index (χ3n) is 3.86. The van der Waals surface area contributed by atoms with Gasteiger partial charge in [-0.15, -0.1) is 10.2 Å². The first-order chi connectivity index (χ1) is 13.6. The van der Waals surface area contributed by atoms with Crippen molar-refractivity contribution in [1.82, 2.24) is 15.2 Å². The molecule has 2 aromatic heterocycles. The summed E-state index contributed by atoms with van der Waals surface area (Å²) >= 11 is 2.63. The molecule has 0 fully saturated rings. The lowest BCUT2D eigenvalue weighted by atomic mass is 10.2. The van der Waals surface area contributed by atoms with E-state index < -0.39 is 0 Å². The van der Waals surface area contributed by atoms with Gasteiger partial charge >= 0.3 is 0 Å². The number of ether oxygens (including phenoxy) is 1. The van der Waals surface area contributed by atoms with Gasteiger partial charge in [-0.25, -0.2) is 4.98 Å². The van der Waals surface area contributed by atoms with Crippen molar-refractivity contribution in [2.75, 3.05) is 18.2 Å². The minimum Gasteiger partial charge on any atom is -0.497 e. The molecule has 7 nitrogen and oxygen atoms in total. The second-order valence-corrected chi connectivity index (χ2v) is 7.89. The smallest absolute Gasteiger partial charge is 0.277 e. The molecule has 0 bridgehead atoms. The number of hydrogen-bond acceptors (Lipinski definition) is 8. The molecule has 0 saturated carbocycles. The highest BCUT2D eigenvalue weighted by atomic mass is 32.2. The maximum atomic E-state index is 12.2. The van der Waals surface area contributed by atoms with Crippen LogP contribution in [0.2, 0.25) is 0 Å². The predicted octanol–water partition coefficient (Wildman–Crippen LogP) is 4.39. The molecule has 142 valence electrons. The number of hydrogen-bond donors (Lipinski definition) is 1. The molecule has 0 saturated heterocycles. The number of thioether (sulfide) groups is 1. The molecule has 0 radical (unpaired) electrons. The minimum atomic E-state index is -0.176. The van der Waals surface area contributed by atoms with Crippen molar-refractivity contribution in [3.8, 4) is 17.2 Å². The van der Waals surface area contributed by atoms with E-state index in [0.29, 0.717) is 16.2 Å². The van der Waals surface area contributed by atoms with Crippen LogP contribution in [0.15, 0.2) is 52.1 Å². The average Bonchev–Trinajstić information content (AvgIpc) is 3.32. The van der Waals surface area contributed by atoms with Crippen molar-refractivity contribution in [2.45, 2.75) is 12.1 Å². The average molecular weight is 412 g/mol. The SMILES string of the molecule is COc1ccc(-c2nnc(SCC(=O)Nc3nc4ccc(C)cc4s3)o2)cc1. The highest BCUT2D eigenvalue weighted by Gasteiger charge is 2.13. The van der Waals surface area contributed by atoms with Crippen LogP contribution in [0.25, 0.3) is 21.7 Å². The van der Waals surface area contributed by atoms with Crippen LogP contribution < -0.4 is 10.1 Å². The highest BCUT2D eigenvalue weighted by Crippen LogP contribution is 2.28. The molecule has 1 amide bonds. The highest BCUT2D eigenvalue weighted by molar-refractivity contribution is 7.99. The quantitative estimate of drug-likeness (QED) is 0.470. The van der Waals surface area contributed by atoms with Gasteiger partial charge in [0, 0.05) is 5.56 Å². The number of thiazole rings is 1. The van der Waals surface area contributed by atoms with E-state index in [0.717, 1.165) is 27.1 Å². The second kappa shape index (κ2) is 7.99. The summed E-state index contributed by atoms with van der Waals surface area (Å²) in [6.45, 7) is 2.03. The van der Waals surface area contributed by atoms with Crippen molar-refractivity contribution in [2.24, 2.45) is 0 Å². The number of anilines is 1. The van der Waals surface area contributed by atoms with Gasteiger partial charge in [-0.05, 0) is 48.9 Å². The number of amides is 1. The zero-order valence-corrected chi connectivity index (χ0v) is 16.8. The topological polar surface area (TPSA) is 90.1 Å². The van der Waals surface area contributed by atoms with Crippen molar-refractivity contribution in [3.63, 3.8) is 0 Å². The molecule has 0 atom stereocenters. The van der Waals surface area contributed by atoms with E-state index >= 15 is 0 Å². The lowest BCUT2D eigenvalue weighted by Gasteiger charge is -1.99. The van der Waals surface area contributed by atoms with Gasteiger partial charge in [0.1, 0.15) is 5.75 Å². The van der Waals surface area contributed by atoms with E-state index in [1.807, 2.05) is 43.3 Å². The van der Waals surface area contributed by atoms with Gasteiger partial charge in [-0.2, -0.15) is 0 Å². The van der Waals surface area contributed by atoms with Crippen molar-refractivity contribution >= 4 is 44.4 Å². The number of benzene rings is 2. The first-order valence-electron chi connectivity index (χ1n) is 8.38. The zero-order chi connectivity index (χ0) is 19.5. The number of aryl methyl sites for hydroxylation is 1. The summed E-state index contributed by atoms with van der Waals surface area (Å²) in [5.41, 5.74) is 2.82. The number of carbonyl (C=O) groups is 1. The zero-order valence-electron chi connectivity index (χ0n) is 15.1. The molecule has 2 heterocycles. The molecule has 0 aliphatic carbocycles. The Morgan fingerprint density at radius 1 is 1.21 bits per heavy atom. The molecule has 2 aromatic carbocycles. The largest absolute Gasteiger partial charge is 0.497 e. The Bertz CT molecular complexity index is 1120. The third kappa shape index (κ3) is 4.15. The predicted molar refractivity (Wildman–Crippen MR) is 110 cm³/mol. The molecule has 0 unspecified atom stereocenters. The van der Waals surface area contributed by atoms with Gasteiger partial charge < -0.3 is 14.5 Å². The van der Waals surface area contributed by atoms with Crippen molar-refractivity contribution in [3.05, 3.63) is 48.0 Å². The maximum absolute atomic E-state index is 12.2. The molecule has 28 heavy (non-hydrogen) atoms. The molecule has 9 heteroatoms. The molecule has 0 spiro atoms. The van der Waals surface area contributed by atoms with Crippen LogP contribution in [0.5, 0.6) is 5.75 Å². The Balaban J connectivity index is 1.36. The van der Waals surface area contributed by atoms with E-state index in [1.54, 1.807) is 7.11 Å². The minimum absolute atomic E-state index is 0.152. The number of rotatable bonds is 6. The summed E-state index contributed by atoms with van der Waals surface area (Å²) in [7, 11) is 1.61. The van der Waals surface area contributed by atoms with Crippen molar-refractivity contribution < 1.29 is 13.9 Å². The normalized spacial score (nSPS) is 10.9. The fraction of sp³-hybridized carbons (Fsp3) is 0.158. The van der Waals surface area contributed by atoms with Crippen LogP contribution in [0, 0.1) is 6.92 Å². The number of nitrogens with one attached hydrogen (secondary N) is 1. The van der Waals surface area contributed by atoms with Crippen LogP contribution in [0.3, 0.4) is 0 Å². The first kappa shape index (κ1) is 18.5. The fourth-order valence-electron chi connectivity index (χ4n) is 2.49. The van der Waals surface area contributed by atoms with Gasteiger partial charge in [0.25, 0.3) is 5.22 Å². The van der Waals surface area contributed by atoms with Gasteiger partial charge in [0.15, 0.2) is 5.13 Å². The summed E-state index contributed by atoms with van der Waals surface area (Å²) < 4.78 is 11.8.